The van der Waals surface area contributed by atoms with Crippen LogP contribution in [0.15, 0.2) is 51.8 Å². The number of carbonyl (C=O) groups is 1. The van der Waals surface area contributed by atoms with E-state index in [1.165, 1.54) is 30.7 Å². The third-order valence-corrected chi connectivity index (χ3v) is 8.41. The van der Waals surface area contributed by atoms with E-state index in [0.29, 0.717) is 11.5 Å². The Balaban J connectivity index is 1.85. The van der Waals surface area contributed by atoms with E-state index in [1.54, 1.807) is 6.07 Å². The highest BCUT2D eigenvalue weighted by Crippen LogP contribution is 2.33. The zero-order valence-corrected chi connectivity index (χ0v) is 21.6. The molecule has 1 aliphatic rings. The Hall–Kier alpha value is -2.10. The minimum Gasteiger partial charge on any atom is -0.493 e. The van der Waals surface area contributed by atoms with Gasteiger partial charge in [-0.15, -0.1) is 0 Å². The highest BCUT2D eigenvalue weighted by molar-refractivity contribution is 9.10. The van der Waals surface area contributed by atoms with E-state index in [1.807, 2.05) is 31.2 Å². The summed E-state index contributed by atoms with van der Waals surface area (Å²) in [5, 5.41) is 2.94. The number of amides is 1. The fraction of sp³-hybridized carbons (Fsp3) is 0.458. The summed E-state index contributed by atoms with van der Waals surface area (Å²) >= 11 is 3.41. The maximum absolute atomic E-state index is 13.7. The van der Waals surface area contributed by atoms with Crippen LogP contribution < -0.4 is 14.8 Å². The summed E-state index contributed by atoms with van der Waals surface area (Å²) < 4.78 is 40.2. The monoisotopic (exact) mass is 538 g/mol. The predicted octanol–water partition coefficient (Wildman–Crippen LogP) is 4.67. The fourth-order valence-corrected chi connectivity index (χ4v) is 6.08. The van der Waals surface area contributed by atoms with Crippen molar-refractivity contribution in [2.75, 3.05) is 20.8 Å². The number of nitrogens with zero attached hydrogens (tertiary/aromatic N) is 1. The van der Waals surface area contributed by atoms with Gasteiger partial charge in [0.2, 0.25) is 15.9 Å². The zero-order chi connectivity index (χ0) is 24.0. The zero-order valence-electron chi connectivity index (χ0n) is 19.2. The summed E-state index contributed by atoms with van der Waals surface area (Å²) in [4.78, 5) is 13.1. The van der Waals surface area contributed by atoms with Gasteiger partial charge in [-0.25, -0.2) is 8.42 Å². The van der Waals surface area contributed by atoms with Crippen LogP contribution in [0.25, 0.3) is 0 Å². The Morgan fingerprint density at radius 3 is 2.30 bits per heavy atom. The average Bonchev–Trinajstić information content (AvgIpc) is 2.82. The number of rotatable bonds is 9. The Bertz CT molecular complexity index is 1050. The van der Waals surface area contributed by atoms with Crippen molar-refractivity contribution in [1.82, 2.24) is 9.62 Å². The molecule has 0 unspecified atom stereocenters. The van der Waals surface area contributed by atoms with Crippen molar-refractivity contribution in [3.05, 3.63) is 52.5 Å². The molecule has 2 aromatic carbocycles. The molecule has 1 fully saturated rings. The molecule has 1 atom stereocenters. The quantitative estimate of drug-likeness (QED) is 0.501. The lowest BCUT2D eigenvalue weighted by Gasteiger charge is -2.33. The number of halogens is 1. The molecule has 0 heterocycles. The summed E-state index contributed by atoms with van der Waals surface area (Å²) in [6.07, 6.45) is 4.44. The van der Waals surface area contributed by atoms with Crippen molar-refractivity contribution >= 4 is 31.9 Å². The van der Waals surface area contributed by atoms with Gasteiger partial charge in [0.25, 0.3) is 0 Å². The molecule has 3 rings (SSSR count). The Labute approximate surface area is 204 Å². The molecule has 33 heavy (non-hydrogen) atoms. The van der Waals surface area contributed by atoms with Gasteiger partial charge in [0.15, 0.2) is 11.5 Å². The van der Waals surface area contributed by atoms with E-state index in [-0.39, 0.29) is 29.4 Å². The normalized spacial score (nSPS) is 15.8. The highest BCUT2D eigenvalue weighted by atomic mass is 79.9. The van der Waals surface area contributed by atoms with Crippen molar-refractivity contribution in [1.29, 1.82) is 0 Å². The number of ether oxygens (including phenoxy) is 2. The van der Waals surface area contributed by atoms with Crippen molar-refractivity contribution < 1.29 is 22.7 Å². The number of hydrogen-bond donors (Lipinski definition) is 1. The van der Waals surface area contributed by atoms with Crippen LogP contribution in [0.5, 0.6) is 11.5 Å². The first-order valence-electron chi connectivity index (χ1n) is 11.0. The maximum atomic E-state index is 13.7. The van der Waals surface area contributed by atoms with Gasteiger partial charge < -0.3 is 14.8 Å². The molecule has 0 aromatic heterocycles. The molecule has 180 valence electrons. The van der Waals surface area contributed by atoms with Gasteiger partial charge in [-0.3, -0.25) is 4.79 Å². The van der Waals surface area contributed by atoms with Crippen LogP contribution in [0, 0.1) is 0 Å². The van der Waals surface area contributed by atoms with Crippen LogP contribution in [0.2, 0.25) is 0 Å². The fourth-order valence-electron chi connectivity index (χ4n) is 4.16. The number of methoxy groups -OCH3 is 2. The number of sulfonamides is 1. The number of hydrogen-bond acceptors (Lipinski definition) is 5. The van der Waals surface area contributed by atoms with E-state index < -0.39 is 10.0 Å². The molecule has 0 aliphatic heterocycles. The molecule has 0 saturated heterocycles. The van der Waals surface area contributed by atoms with Crippen molar-refractivity contribution in [2.45, 2.75) is 56.0 Å². The molecule has 1 saturated carbocycles. The second-order valence-corrected chi connectivity index (χ2v) is 11.0. The number of nitrogens with one attached hydrogen (secondary N) is 1. The van der Waals surface area contributed by atoms with Gasteiger partial charge in [-0.05, 0) is 49.6 Å². The predicted molar refractivity (Wildman–Crippen MR) is 131 cm³/mol. The Kier molecular flexibility index (Phi) is 8.78. The highest BCUT2D eigenvalue weighted by Gasteiger charge is 2.34. The van der Waals surface area contributed by atoms with Gasteiger partial charge in [0.1, 0.15) is 0 Å². The van der Waals surface area contributed by atoms with Crippen LogP contribution in [-0.4, -0.2) is 45.4 Å². The van der Waals surface area contributed by atoms with E-state index in [4.69, 9.17) is 9.47 Å². The van der Waals surface area contributed by atoms with Crippen molar-refractivity contribution in [3.8, 4) is 11.5 Å². The second kappa shape index (κ2) is 11.4. The van der Waals surface area contributed by atoms with Crippen LogP contribution >= 0.6 is 15.9 Å². The van der Waals surface area contributed by atoms with Gasteiger partial charge in [0, 0.05) is 16.6 Å². The van der Waals surface area contributed by atoms with Crippen LogP contribution in [0.4, 0.5) is 0 Å². The van der Waals surface area contributed by atoms with Crippen LogP contribution in [-0.2, 0) is 14.8 Å². The molecule has 9 heteroatoms. The average molecular weight is 539 g/mol. The first-order chi connectivity index (χ1) is 15.8. The molecule has 1 N–H and O–H groups in total. The topological polar surface area (TPSA) is 84.9 Å². The SMILES string of the molecule is COc1ccc(S(=O)(=O)N(CC(=O)N[C@H](C)c2ccc(Br)cc2)C2CCCCC2)cc1OC. The van der Waals surface area contributed by atoms with Crippen molar-refractivity contribution in [3.63, 3.8) is 0 Å². The number of carbonyl (C=O) groups excluding carboxylic acids is 1. The molecule has 1 aliphatic carbocycles. The second-order valence-electron chi connectivity index (χ2n) is 8.20. The summed E-state index contributed by atoms with van der Waals surface area (Å²) in [6.45, 7) is 1.65. The number of benzene rings is 2. The van der Waals surface area contributed by atoms with E-state index >= 15 is 0 Å². The molecule has 0 radical (unpaired) electrons. The lowest BCUT2D eigenvalue weighted by Crippen LogP contribution is -2.47. The molecule has 7 nitrogen and oxygen atoms in total. The first-order valence-corrected chi connectivity index (χ1v) is 13.3. The minimum atomic E-state index is -3.93. The molecule has 0 spiro atoms. The largest absolute Gasteiger partial charge is 0.493 e. The third-order valence-electron chi connectivity index (χ3n) is 5.99. The van der Waals surface area contributed by atoms with Crippen LogP contribution in [0.1, 0.15) is 50.6 Å². The summed E-state index contributed by atoms with van der Waals surface area (Å²) in [6, 6.07) is 11.7. The van der Waals surface area contributed by atoms with E-state index in [2.05, 4.69) is 21.2 Å². The lowest BCUT2D eigenvalue weighted by atomic mass is 9.95. The third kappa shape index (κ3) is 6.28. The lowest BCUT2D eigenvalue weighted by molar-refractivity contribution is -0.122. The molecule has 0 bridgehead atoms. The Morgan fingerprint density at radius 2 is 1.70 bits per heavy atom. The summed E-state index contributed by atoms with van der Waals surface area (Å²) in [5.41, 5.74) is 0.943. The van der Waals surface area contributed by atoms with E-state index in [0.717, 1.165) is 42.1 Å². The molecule has 1 amide bonds. The van der Waals surface area contributed by atoms with Gasteiger partial charge in [-0.2, -0.15) is 4.31 Å². The van der Waals surface area contributed by atoms with E-state index in [9.17, 15) is 13.2 Å². The minimum absolute atomic E-state index is 0.0829. The summed E-state index contributed by atoms with van der Waals surface area (Å²) in [7, 11) is -0.969. The molecule has 2 aromatic rings. The van der Waals surface area contributed by atoms with Gasteiger partial charge >= 0.3 is 0 Å². The Morgan fingerprint density at radius 1 is 1.06 bits per heavy atom. The van der Waals surface area contributed by atoms with Crippen molar-refractivity contribution in [2.24, 2.45) is 0 Å². The standard InChI is InChI=1S/C24H31BrN2O5S/c1-17(18-9-11-19(25)12-10-18)26-24(28)16-27(20-7-5-4-6-8-20)33(29,30)21-13-14-22(31-2)23(15-21)32-3/h9-15,17,20H,4-8,16H2,1-3H3,(H,26,28)/t17-/m1/s1. The smallest absolute Gasteiger partial charge is 0.243 e. The van der Waals surface area contributed by atoms with Crippen LogP contribution in [0.3, 0.4) is 0 Å². The van der Waals surface area contributed by atoms with Gasteiger partial charge in [-0.1, -0.05) is 47.3 Å². The maximum Gasteiger partial charge on any atom is 0.243 e. The summed E-state index contributed by atoms with van der Waals surface area (Å²) in [5.74, 6) is 0.442. The first kappa shape index (κ1) is 25.5. The van der Waals surface area contributed by atoms with Gasteiger partial charge in [0.05, 0.1) is 31.7 Å². The molecular weight excluding hydrogens is 508 g/mol. The molecular formula is C24H31BrN2O5S.